The fraction of sp³-hybridized carbons (Fsp3) is 0.833. The summed E-state index contributed by atoms with van der Waals surface area (Å²) in [6.07, 6.45) is -1.26. The zero-order valence-corrected chi connectivity index (χ0v) is 6.97. The largest absolute Gasteiger partial charge is 0.467 e. The van der Waals surface area contributed by atoms with E-state index in [0.29, 0.717) is 0 Å². The van der Waals surface area contributed by atoms with Gasteiger partial charge in [0.15, 0.2) is 6.10 Å². The van der Waals surface area contributed by atoms with Gasteiger partial charge in [0.1, 0.15) is 0 Å². The van der Waals surface area contributed by atoms with E-state index in [4.69, 9.17) is 16.7 Å². The predicted molar refractivity (Wildman–Crippen MR) is 38.0 cm³/mol. The van der Waals surface area contributed by atoms with Gasteiger partial charge in [-0.3, -0.25) is 0 Å². The number of ether oxygens (including phenoxy) is 1. The van der Waals surface area contributed by atoms with E-state index < -0.39 is 16.9 Å². The Labute approximate surface area is 64.9 Å². The summed E-state index contributed by atoms with van der Waals surface area (Å²) in [5, 5.41) is 9.05. The molecule has 0 saturated heterocycles. The second kappa shape index (κ2) is 3.21. The van der Waals surface area contributed by atoms with Gasteiger partial charge in [-0.1, -0.05) is 0 Å². The Morgan fingerprint density at radius 2 is 2.10 bits per heavy atom. The summed E-state index contributed by atoms with van der Waals surface area (Å²) in [6.45, 7) is 3.08. The first-order valence-corrected chi connectivity index (χ1v) is 3.22. The Bertz CT molecular complexity index is 127. The van der Waals surface area contributed by atoms with Gasteiger partial charge in [0.2, 0.25) is 0 Å². The van der Waals surface area contributed by atoms with Gasteiger partial charge in [-0.2, -0.15) is 0 Å². The van der Waals surface area contributed by atoms with Gasteiger partial charge in [0.05, 0.1) is 12.0 Å². The van der Waals surface area contributed by atoms with Crippen LogP contribution in [0.15, 0.2) is 0 Å². The van der Waals surface area contributed by atoms with Crippen LogP contribution in [0.2, 0.25) is 0 Å². The lowest BCUT2D eigenvalue weighted by molar-refractivity contribution is -0.151. The van der Waals surface area contributed by atoms with Crippen molar-refractivity contribution in [2.24, 2.45) is 0 Å². The topological polar surface area (TPSA) is 46.5 Å². The van der Waals surface area contributed by atoms with Crippen LogP contribution in [-0.2, 0) is 9.53 Å². The monoisotopic (exact) mass is 166 g/mol. The Morgan fingerprint density at radius 3 is 2.20 bits per heavy atom. The van der Waals surface area contributed by atoms with Crippen molar-refractivity contribution < 1.29 is 14.6 Å². The number of hydrogen-bond donors (Lipinski definition) is 1. The first-order valence-electron chi connectivity index (χ1n) is 2.84. The van der Waals surface area contributed by atoms with Gasteiger partial charge in [-0.25, -0.2) is 4.79 Å². The standard InChI is InChI=1S/C6H11ClO3/c1-6(2,7)4(8)5(9)10-3/h4,8H,1-3H3. The first-order chi connectivity index (χ1) is 4.39. The van der Waals surface area contributed by atoms with Crippen LogP contribution in [-0.4, -0.2) is 29.2 Å². The van der Waals surface area contributed by atoms with Gasteiger partial charge < -0.3 is 9.84 Å². The number of rotatable bonds is 2. The number of esters is 1. The van der Waals surface area contributed by atoms with E-state index in [0.717, 1.165) is 0 Å². The summed E-state index contributed by atoms with van der Waals surface area (Å²) in [5.41, 5.74) is 0. The van der Waals surface area contributed by atoms with Crippen LogP contribution in [0.4, 0.5) is 0 Å². The molecule has 0 saturated carbocycles. The van der Waals surface area contributed by atoms with E-state index in [9.17, 15) is 4.79 Å². The van der Waals surface area contributed by atoms with Crippen molar-refractivity contribution in [1.29, 1.82) is 0 Å². The minimum atomic E-state index is -1.26. The van der Waals surface area contributed by atoms with E-state index in [1.165, 1.54) is 21.0 Å². The predicted octanol–water partition coefficient (Wildman–Crippen LogP) is 0.538. The smallest absolute Gasteiger partial charge is 0.336 e. The average molecular weight is 167 g/mol. The molecule has 0 aliphatic carbocycles. The number of hydrogen-bond acceptors (Lipinski definition) is 3. The molecule has 3 nitrogen and oxygen atoms in total. The number of aliphatic hydroxyl groups excluding tert-OH is 1. The molecule has 1 N–H and O–H groups in total. The molecule has 1 atom stereocenters. The lowest BCUT2D eigenvalue weighted by atomic mass is 10.1. The summed E-state index contributed by atoms with van der Waals surface area (Å²) < 4.78 is 4.27. The third-order valence-electron chi connectivity index (χ3n) is 1.07. The molecule has 0 fully saturated rings. The molecular weight excluding hydrogens is 156 g/mol. The molecule has 1 unspecified atom stereocenters. The van der Waals surface area contributed by atoms with Gasteiger partial charge >= 0.3 is 5.97 Å². The van der Waals surface area contributed by atoms with Crippen molar-refractivity contribution in [2.45, 2.75) is 24.8 Å². The van der Waals surface area contributed by atoms with E-state index >= 15 is 0 Å². The highest BCUT2D eigenvalue weighted by atomic mass is 35.5. The Kier molecular flexibility index (Phi) is 3.12. The maximum Gasteiger partial charge on any atom is 0.336 e. The molecular formula is C6H11ClO3. The van der Waals surface area contributed by atoms with Crippen LogP contribution in [0.1, 0.15) is 13.8 Å². The summed E-state index contributed by atoms with van der Waals surface area (Å²) in [7, 11) is 1.20. The van der Waals surface area contributed by atoms with Gasteiger partial charge in [-0.05, 0) is 13.8 Å². The first kappa shape index (κ1) is 9.72. The number of carbonyl (C=O) groups excluding carboxylic acids is 1. The maximum atomic E-state index is 10.6. The normalized spacial score (nSPS) is 14.5. The number of alkyl halides is 1. The van der Waals surface area contributed by atoms with E-state index in [-0.39, 0.29) is 0 Å². The quantitative estimate of drug-likeness (QED) is 0.481. The highest BCUT2D eigenvalue weighted by Crippen LogP contribution is 2.18. The fourth-order valence-corrected chi connectivity index (χ4v) is 0.481. The van der Waals surface area contributed by atoms with Crippen molar-refractivity contribution in [3.8, 4) is 0 Å². The zero-order chi connectivity index (χ0) is 8.36. The van der Waals surface area contributed by atoms with Crippen LogP contribution in [0, 0.1) is 0 Å². The molecule has 0 heterocycles. The average Bonchev–Trinajstić information content (AvgIpc) is 1.83. The molecule has 4 heteroatoms. The summed E-state index contributed by atoms with van der Waals surface area (Å²) >= 11 is 5.61. The van der Waals surface area contributed by atoms with Crippen LogP contribution < -0.4 is 0 Å². The minimum Gasteiger partial charge on any atom is -0.467 e. The van der Waals surface area contributed by atoms with E-state index in [1.807, 2.05) is 0 Å². The molecule has 0 aromatic carbocycles. The summed E-state index contributed by atoms with van der Waals surface area (Å²) in [6, 6.07) is 0. The Balaban J connectivity index is 4.08. The van der Waals surface area contributed by atoms with Crippen molar-refractivity contribution >= 4 is 17.6 Å². The number of carbonyl (C=O) groups is 1. The van der Waals surface area contributed by atoms with Crippen molar-refractivity contribution in [3.63, 3.8) is 0 Å². The third-order valence-corrected chi connectivity index (χ3v) is 1.28. The van der Waals surface area contributed by atoms with Crippen molar-refractivity contribution in [1.82, 2.24) is 0 Å². The highest BCUT2D eigenvalue weighted by Gasteiger charge is 2.31. The Hall–Kier alpha value is -0.280. The van der Waals surface area contributed by atoms with Gasteiger partial charge in [-0.15, -0.1) is 11.6 Å². The molecule has 0 spiro atoms. The lowest BCUT2D eigenvalue weighted by Gasteiger charge is -2.20. The minimum absolute atomic E-state index is 0.708. The van der Waals surface area contributed by atoms with Gasteiger partial charge in [0.25, 0.3) is 0 Å². The second-order valence-corrected chi connectivity index (χ2v) is 3.46. The van der Waals surface area contributed by atoms with Gasteiger partial charge in [0, 0.05) is 0 Å². The molecule has 0 aliphatic rings. The van der Waals surface area contributed by atoms with Crippen LogP contribution >= 0.6 is 11.6 Å². The zero-order valence-electron chi connectivity index (χ0n) is 6.22. The molecule has 10 heavy (non-hydrogen) atoms. The lowest BCUT2D eigenvalue weighted by Crippen LogP contribution is -2.38. The SMILES string of the molecule is COC(=O)C(O)C(C)(C)Cl. The summed E-state index contributed by atoms with van der Waals surface area (Å²) in [4.78, 5) is 9.64. The third kappa shape index (κ3) is 2.54. The van der Waals surface area contributed by atoms with E-state index in [1.54, 1.807) is 0 Å². The molecule has 0 aromatic heterocycles. The fourth-order valence-electron chi connectivity index (χ4n) is 0.392. The molecule has 0 amide bonds. The number of halogens is 1. The molecule has 60 valence electrons. The molecule has 0 aromatic rings. The number of aliphatic hydroxyl groups is 1. The maximum absolute atomic E-state index is 10.6. The second-order valence-electron chi connectivity index (χ2n) is 2.49. The van der Waals surface area contributed by atoms with Crippen molar-refractivity contribution in [3.05, 3.63) is 0 Å². The molecule has 0 radical (unpaired) electrons. The molecule has 0 aliphatic heterocycles. The van der Waals surface area contributed by atoms with Crippen LogP contribution in [0.5, 0.6) is 0 Å². The van der Waals surface area contributed by atoms with Crippen molar-refractivity contribution in [2.75, 3.05) is 7.11 Å². The van der Waals surface area contributed by atoms with Crippen LogP contribution in [0.3, 0.4) is 0 Å². The number of methoxy groups -OCH3 is 1. The molecule has 0 bridgehead atoms. The molecule has 0 rings (SSSR count). The van der Waals surface area contributed by atoms with Crippen LogP contribution in [0.25, 0.3) is 0 Å². The van der Waals surface area contributed by atoms with E-state index in [2.05, 4.69) is 4.74 Å². The summed E-state index contributed by atoms with van der Waals surface area (Å²) in [5.74, 6) is -0.708. The Morgan fingerprint density at radius 1 is 1.70 bits per heavy atom. The highest BCUT2D eigenvalue weighted by molar-refractivity contribution is 6.25.